The van der Waals surface area contributed by atoms with Gasteiger partial charge in [-0.25, -0.2) is 8.42 Å². The van der Waals surface area contributed by atoms with E-state index < -0.39 is 9.84 Å². The third kappa shape index (κ3) is 5.65. The predicted molar refractivity (Wildman–Crippen MR) is 166 cm³/mol. The largest absolute Gasteiger partial charge is 0.368 e. The van der Waals surface area contributed by atoms with Crippen LogP contribution in [0, 0.1) is 0 Å². The number of hydrogen-bond acceptors (Lipinski definition) is 6. The summed E-state index contributed by atoms with van der Waals surface area (Å²) in [6.07, 6.45) is 6.38. The highest BCUT2D eigenvalue weighted by molar-refractivity contribution is 9.10. The minimum Gasteiger partial charge on any atom is -0.368 e. The summed E-state index contributed by atoms with van der Waals surface area (Å²) in [4.78, 5) is 37.5. The monoisotopic (exact) mass is 646 g/mol. The van der Waals surface area contributed by atoms with Crippen LogP contribution in [0.5, 0.6) is 0 Å². The molecule has 2 saturated heterocycles. The number of halogens is 1. The molecule has 3 aromatic carbocycles. The van der Waals surface area contributed by atoms with Crippen LogP contribution in [0.15, 0.2) is 93.4 Å². The Hall–Kier alpha value is -3.76. The van der Waals surface area contributed by atoms with Gasteiger partial charge in [0.15, 0.2) is 0 Å². The topological polar surface area (TPSA) is 90.9 Å². The lowest BCUT2D eigenvalue weighted by molar-refractivity contribution is 0.0694. The fourth-order valence-electron chi connectivity index (χ4n) is 5.71. The fourth-order valence-corrected chi connectivity index (χ4v) is 7.41. The van der Waals surface area contributed by atoms with E-state index in [9.17, 15) is 18.0 Å². The van der Waals surface area contributed by atoms with Gasteiger partial charge in [0, 0.05) is 61.8 Å². The van der Waals surface area contributed by atoms with E-state index in [2.05, 4.69) is 25.8 Å². The van der Waals surface area contributed by atoms with E-state index in [1.807, 2.05) is 30.3 Å². The van der Waals surface area contributed by atoms with Crippen LogP contribution in [-0.2, 0) is 9.84 Å². The summed E-state index contributed by atoms with van der Waals surface area (Å²) in [5.74, 6) is -0.557. The van der Waals surface area contributed by atoms with Gasteiger partial charge in [-0.05, 0) is 84.6 Å². The number of sulfone groups is 1. The molecule has 42 heavy (non-hydrogen) atoms. The lowest BCUT2D eigenvalue weighted by atomic mass is 10.0. The first-order valence-corrected chi connectivity index (χ1v) is 16.4. The molecule has 0 unspecified atom stereocenters. The molecule has 6 rings (SSSR count). The molecule has 0 atom stereocenters. The maximum absolute atomic E-state index is 14.0. The smallest absolute Gasteiger partial charge is 0.254 e. The van der Waals surface area contributed by atoms with Gasteiger partial charge in [0.2, 0.25) is 9.84 Å². The van der Waals surface area contributed by atoms with Gasteiger partial charge in [0.25, 0.3) is 11.8 Å². The van der Waals surface area contributed by atoms with Crippen molar-refractivity contribution in [2.75, 3.05) is 44.2 Å². The molecule has 10 heteroatoms. The van der Waals surface area contributed by atoms with Crippen molar-refractivity contribution in [1.82, 2.24) is 14.8 Å². The molecule has 2 aliphatic rings. The summed E-state index contributed by atoms with van der Waals surface area (Å²) >= 11 is 3.45. The molecule has 216 valence electrons. The van der Waals surface area contributed by atoms with E-state index in [0.717, 1.165) is 40.2 Å². The maximum Gasteiger partial charge on any atom is 0.254 e. The number of benzene rings is 3. The second-order valence-corrected chi connectivity index (χ2v) is 13.6. The van der Waals surface area contributed by atoms with Crippen molar-refractivity contribution in [2.45, 2.75) is 29.1 Å². The Morgan fingerprint density at radius 3 is 1.98 bits per heavy atom. The van der Waals surface area contributed by atoms with E-state index in [0.29, 0.717) is 39.3 Å². The number of fused-ring (bicyclic) bond motifs is 1. The molecule has 8 nitrogen and oxygen atoms in total. The Bertz CT molecular complexity index is 1750. The molecule has 2 amide bonds. The van der Waals surface area contributed by atoms with E-state index in [1.54, 1.807) is 40.4 Å². The molecule has 0 spiro atoms. The zero-order valence-corrected chi connectivity index (χ0v) is 25.5. The number of carbonyl (C=O) groups excluding carboxylic acids is 2. The molecule has 1 aromatic heterocycles. The van der Waals surface area contributed by atoms with Crippen LogP contribution < -0.4 is 4.90 Å². The lowest BCUT2D eigenvalue weighted by Crippen LogP contribution is -2.49. The number of rotatable bonds is 5. The highest BCUT2D eigenvalue weighted by Crippen LogP contribution is 2.29. The van der Waals surface area contributed by atoms with E-state index >= 15 is 0 Å². The quantitative estimate of drug-likeness (QED) is 0.288. The Balaban J connectivity index is 1.34. The SMILES string of the molecule is O=C(c1ccc(S(=O)(=O)c2ccc3cc(Br)ccc3c2)cc1C(=O)N1CCN(c2ccncc2)CC1)N1CCCCC1. The third-order valence-electron chi connectivity index (χ3n) is 8.08. The Morgan fingerprint density at radius 2 is 1.24 bits per heavy atom. The zero-order chi connectivity index (χ0) is 29.3. The minimum absolute atomic E-state index is 0.00655. The van der Waals surface area contributed by atoms with Crippen molar-refractivity contribution in [3.8, 4) is 0 Å². The number of hydrogen-bond donors (Lipinski definition) is 0. The number of pyridine rings is 1. The van der Waals surface area contributed by atoms with Gasteiger partial charge < -0.3 is 14.7 Å². The average molecular weight is 648 g/mol. The molecule has 0 bridgehead atoms. The van der Waals surface area contributed by atoms with Gasteiger partial charge in [-0.15, -0.1) is 0 Å². The molecular weight excluding hydrogens is 616 g/mol. The molecule has 0 radical (unpaired) electrons. The molecule has 3 heterocycles. The number of likely N-dealkylation sites (tertiary alicyclic amines) is 1. The number of aromatic nitrogens is 1. The van der Waals surface area contributed by atoms with E-state index in [-0.39, 0.29) is 32.7 Å². The highest BCUT2D eigenvalue weighted by Gasteiger charge is 2.30. The zero-order valence-electron chi connectivity index (χ0n) is 23.1. The number of nitrogens with zero attached hydrogens (tertiary/aromatic N) is 4. The number of amides is 2. The second-order valence-electron chi connectivity index (χ2n) is 10.7. The summed E-state index contributed by atoms with van der Waals surface area (Å²) in [6, 6.07) is 18.9. The van der Waals surface area contributed by atoms with Gasteiger partial charge in [0.05, 0.1) is 20.9 Å². The third-order valence-corrected chi connectivity index (χ3v) is 10.3. The van der Waals surface area contributed by atoms with E-state index in [1.165, 1.54) is 18.2 Å². The van der Waals surface area contributed by atoms with Crippen LogP contribution in [-0.4, -0.2) is 74.3 Å². The van der Waals surface area contributed by atoms with Crippen LogP contribution in [0.4, 0.5) is 5.69 Å². The number of carbonyl (C=O) groups is 2. The molecule has 2 fully saturated rings. The van der Waals surface area contributed by atoms with Crippen LogP contribution in [0.1, 0.15) is 40.0 Å². The van der Waals surface area contributed by atoms with Crippen LogP contribution >= 0.6 is 15.9 Å². The highest BCUT2D eigenvalue weighted by atomic mass is 79.9. The first-order chi connectivity index (χ1) is 20.3. The van der Waals surface area contributed by atoms with Crippen molar-refractivity contribution in [1.29, 1.82) is 0 Å². The molecule has 2 aliphatic heterocycles. The molecule has 0 saturated carbocycles. The number of anilines is 1. The Morgan fingerprint density at radius 1 is 0.643 bits per heavy atom. The predicted octanol–water partition coefficient (Wildman–Crippen LogP) is 5.42. The molecule has 0 N–H and O–H groups in total. The first kappa shape index (κ1) is 28.4. The second kappa shape index (κ2) is 11.9. The van der Waals surface area contributed by atoms with Gasteiger partial charge in [0.1, 0.15) is 0 Å². The average Bonchev–Trinajstić information content (AvgIpc) is 3.04. The van der Waals surface area contributed by atoms with Crippen LogP contribution in [0.3, 0.4) is 0 Å². The van der Waals surface area contributed by atoms with Crippen molar-refractivity contribution in [2.24, 2.45) is 0 Å². The summed E-state index contributed by atoms with van der Waals surface area (Å²) in [5.41, 5.74) is 1.42. The van der Waals surface area contributed by atoms with Crippen molar-refractivity contribution in [3.05, 3.63) is 94.7 Å². The molecular formula is C32H31BrN4O4S. The first-order valence-electron chi connectivity index (χ1n) is 14.1. The number of piperazine rings is 1. The minimum atomic E-state index is -3.96. The molecule has 4 aromatic rings. The van der Waals surface area contributed by atoms with Gasteiger partial charge in [-0.1, -0.05) is 28.1 Å². The van der Waals surface area contributed by atoms with Crippen molar-refractivity contribution >= 4 is 54.0 Å². The summed E-state index contributed by atoms with van der Waals surface area (Å²) < 4.78 is 28.6. The van der Waals surface area contributed by atoms with Crippen LogP contribution in [0.2, 0.25) is 0 Å². The Labute approximate surface area is 254 Å². The van der Waals surface area contributed by atoms with Crippen molar-refractivity contribution in [3.63, 3.8) is 0 Å². The summed E-state index contributed by atoms with van der Waals surface area (Å²) in [7, 11) is -3.96. The maximum atomic E-state index is 14.0. The summed E-state index contributed by atoms with van der Waals surface area (Å²) in [5, 5.41) is 1.70. The normalized spacial score (nSPS) is 16.1. The lowest BCUT2D eigenvalue weighted by Gasteiger charge is -2.36. The van der Waals surface area contributed by atoms with E-state index in [4.69, 9.17) is 0 Å². The van der Waals surface area contributed by atoms with Gasteiger partial charge in [-0.3, -0.25) is 14.6 Å². The van der Waals surface area contributed by atoms with Gasteiger partial charge >= 0.3 is 0 Å². The standard InChI is InChI=1S/C32H31BrN4O4S/c33-25-6-4-24-21-27(7-5-23(24)20-25)42(40,41)28-8-9-29(31(38)36-14-2-1-3-15-36)30(22-28)32(39)37-18-16-35(17-19-37)26-10-12-34-13-11-26/h4-13,20-22H,1-3,14-19H2. The van der Waals surface area contributed by atoms with Crippen molar-refractivity contribution < 1.29 is 18.0 Å². The fraction of sp³-hybridized carbons (Fsp3) is 0.281. The Kier molecular flexibility index (Phi) is 8.00. The van der Waals surface area contributed by atoms with Gasteiger partial charge in [-0.2, -0.15) is 0 Å². The summed E-state index contributed by atoms with van der Waals surface area (Å²) in [6.45, 7) is 3.41. The number of piperidine rings is 1. The van der Waals surface area contributed by atoms with Crippen LogP contribution in [0.25, 0.3) is 10.8 Å². The molecule has 0 aliphatic carbocycles.